The average Bonchev–Trinajstić information content (AvgIpc) is 2.46. The van der Waals surface area contributed by atoms with Gasteiger partial charge in [-0.2, -0.15) is 0 Å². The summed E-state index contributed by atoms with van der Waals surface area (Å²) in [6.45, 7) is 1.90. The number of aliphatic carboxylic acids is 1. The molecule has 2 aromatic rings. The van der Waals surface area contributed by atoms with E-state index >= 15 is 0 Å². The molecule has 0 heterocycles. The Morgan fingerprint density at radius 2 is 1.70 bits per heavy atom. The highest BCUT2D eigenvalue weighted by molar-refractivity contribution is 6.37. The van der Waals surface area contributed by atoms with E-state index in [0.717, 1.165) is 21.6 Å². The number of amides is 1. The summed E-state index contributed by atoms with van der Waals surface area (Å²) in [6.07, 6.45) is 0. The van der Waals surface area contributed by atoms with Gasteiger partial charge in [-0.25, -0.2) is 4.79 Å². The standard InChI is InChI=1S/C16H15NO3/c1-11-8-9-13(12-6-4-3-5-7-12)14(10-11)17(2)15(18)16(19)20/h3-10H,1-2H3,(H,19,20). The minimum absolute atomic E-state index is 0.587. The lowest BCUT2D eigenvalue weighted by Crippen LogP contribution is -2.33. The quantitative estimate of drug-likeness (QED) is 0.853. The van der Waals surface area contributed by atoms with Gasteiger partial charge in [0.2, 0.25) is 0 Å². The molecule has 0 aliphatic rings. The number of carboxylic acid groups (broad SMARTS) is 1. The van der Waals surface area contributed by atoms with Crippen molar-refractivity contribution in [3.8, 4) is 11.1 Å². The molecule has 1 amide bonds. The predicted octanol–water partition coefficient (Wildman–Crippen LogP) is 2.71. The van der Waals surface area contributed by atoms with Crippen molar-refractivity contribution in [1.82, 2.24) is 0 Å². The van der Waals surface area contributed by atoms with E-state index in [9.17, 15) is 9.59 Å². The molecule has 0 saturated heterocycles. The highest BCUT2D eigenvalue weighted by Crippen LogP contribution is 2.31. The fourth-order valence-electron chi connectivity index (χ4n) is 2.03. The normalized spacial score (nSPS) is 10.1. The van der Waals surface area contributed by atoms with Gasteiger partial charge >= 0.3 is 11.9 Å². The second kappa shape index (κ2) is 5.57. The summed E-state index contributed by atoms with van der Waals surface area (Å²) in [4.78, 5) is 23.7. The molecular weight excluding hydrogens is 254 g/mol. The van der Waals surface area contributed by atoms with E-state index in [1.54, 1.807) is 0 Å². The molecule has 0 spiro atoms. The topological polar surface area (TPSA) is 57.6 Å². The number of likely N-dealkylation sites (N-methyl/N-ethyl adjacent to an activating group) is 1. The highest BCUT2D eigenvalue weighted by atomic mass is 16.4. The van der Waals surface area contributed by atoms with E-state index in [2.05, 4.69) is 0 Å². The zero-order valence-corrected chi connectivity index (χ0v) is 11.3. The molecule has 4 heteroatoms. The Morgan fingerprint density at radius 1 is 1.05 bits per heavy atom. The van der Waals surface area contributed by atoms with Gasteiger partial charge in [0.1, 0.15) is 0 Å². The summed E-state index contributed by atoms with van der Waals surface area (Å²) in [5.74, 6) is -2.42. The molecule has 0 unspecified atom stereocenters. The number of anilines is 1. The Labute approximate surface area is 117 Å². The van der Waals surface area contributed by atoms with Gasteiger partial charge in [-0.3, -0.25) is 4.79 Å². The lowest BCUT2D eigenvalue weighted by Gasteiger charge is -2.19. The van der Waals surface area contributed by atoms with Gasteiger partial charge in [-0.05, 0) is 24.1 Å². The first-order valence-corrected chi connectivity index (χ1v) is 6.17. The van der Waals surface area contributed by atoms with Crippen LogP contribution < -0.4 is 4.90 Å². The Morgan fingerprint density at radius 3 is 2.30 bits per heavy atom. The van der Waals surface area contributed by atoms with Crippen molar-refractivity contribution in [3.05, 3.63) is 54.1 Å². The lowest BCUT2D eigenvalue weighted by atomic mass is 10.0. The van der Waals surface area contributed by atoms with Crippen LogP contribution in [0.5, 0.6) is 0 Å². The molecule has 20 heavy (non-hydrogen) atoms. The van der Waals surface area contributed by atoms with Crippen molar-refractivity contribution >= 4 is 17.6 Å². The first kappa shape index (κ1) is 13.8. The fraction of sp³-hybridized carbons (Fsp3) is 0.125. The molecule has 2 aromatic carbocycles. The molecule has 0 fully saturated rings. The summed E-state index contributed by atoms with van der Waals surface area (Å²) in [5.41, 5.74) is 3.31. The molecule has 4 nitrogen and oxygen atoms in total. The third-order valence-electron chi connectivity index (χ3n) is 3.09. The van der Waals surface area contributed by atoms with Crippen LogP contribution in [0.15, 0.2) is 48.5 Å². The van der Waals surface area contributed by atoms with Crippen molar-refractivity contribution < 1.29 is 14.7 Å². The van der Waals surface area contributed by atoms with Crippen LogP contribution in [0, 0.1) is 6.92 Å². The maximum atomic E-state index is 11.7. The predicted molar refractivity (Wildman–Crippen MR) is 77.7 cm³/mol. The minimum Gasteiger partial charge on any atom is -0.474 e. The Hall–Kier alpha value is -2.62. The molecule has 0 bridgehead atoms. The van der Waals surface area contributed by atoms with Crippen LogP contribution in [-0.4, -0.2) is 24.0 Å². The summed E-state index contributed by atoms with van der Waals surface area (Å²) < 4.78 is 0. The SMILES string of the molecule is Cc1ccc(-c2ccccc2)c(N(C)C(=O)C(=O)O)c1. The van der Waals surface area contributed by atoms with Crippen molar-refractivity contribution in [2.45, 2.75) is 6.92 Å². The van der Waals surface area contributed by atoms with Crippen LogP contribution in [-0.2, 0) is 9.59 Å². The zero-order chi connectivity index (χ0) is 14.7. The van der Waals surface area contributed by atoms with E-state index in [0.29, 0.717) is 5.69 Å². The van der Waals surface area contributed by atoms with Gasteiger partial charge in [0.25, 0.3) is 0 Å². The number of carboxylic acids is 1. The van der Waals surface area contributed by atoms with Crippen molar-refractivity contribution in [3.63, 3.8) is 0 Å². The molecule has 0 aliphatic carbocycles. The van der Waals surface area contributed by atoms with Gasteiger partial charge < -0.3 is 10.0 Å². The number of benzene rings is 2. The zero-order valence-electron chi connectivity index (χ0n) is 11.3. The monoisotopic (exact) mass is 269 g/mol. The summed E-state index contributed by atoms with van der Waals surface area (Å²) in [6, 6.07) is 15.2. The number of nitrogens with zero attached hydrogens (tertiary/aromatic N) is 1. The number of carbonyl (C=O) groups excluding carboxylic acids is 1. The largest absolute Gasteiger partial charge is 0.474 e. The fourth-order valence-corrected chi connectivity index (χ4v) is 2.03. The van der Waals surface area contributed by atoms with Crippen LogP contribution in [0.3, 0.4) is 0 Å². The Bertz CT molecular complexity index is 650. The van der Waals surface area contributed by atoms with Gasteiger partial charge in [0, 0.05) is 12.6 Å². The third-order valence-corrected chi connectivity index (χ3v) is 3.09. The number of rotatable bonds is 2. The summed E-state index contributed by atoms with van der Waals surface area (Å²) >= 11 is 0. The molecule has 0 aliphatic heterocycles. The van der Waals surface area contributed by atoms with Gasteiger partial charge in [0.05, 0.1) is 5.69 Å². The van der Waals surface area contributed by atoms with Crippen molar-refractivity contribution in [1.29, 1.82) is 0 Å². The molecular formula is C16H15NO3. The van der Waals surface area contributed by atoms with E-state index in [1.807, 2.05) is 55.5 Å². The highest BCUT2D eigenvalue weighted by Gasteiger charge is 2.21. The second-order valence-electron chi connectivity index (χ2n) is 4.56. The van der Waals surface area contributed by atoms with Gasteiger partial charge in [0.15, 0.2) is 0 Å². The molecule has 0 aromatic heterocycles. The lowest BCUT2D eigenvalue weighted by molar-refractivity contribution is -0.148. The molecule has 0 saturated carbocycles. The van der Waals surface area contributed by atoms with E-state index in [4.69, 9.17) is 5.11 Å². The number of hydrogen-bond acceptors (Lipinski definition) is 2. The molecule has 2 rings (SSSR count). The maximum absolute atomic E-state index is 11.7. The first-order valence-electron chi connectivity index (χ1n) is 6.17. The number of hydrogen-bond donors (Lipinski definition) is 1. The van der Waals surface area contributed by atoms with Crippen LogP contribution in [0.25, 0.3) is 11.1 Å². The first-order chi connectivity index (χ1) is 9.50. The van der Waals surface area contributed by atoms with Crippen molar-refractivity contribution in [2.24, 2.45) is 0 Å². The summed E-state index contributed by atoms with van der Waals surface area (Å²) in [7, 11) is 1.47. The smallest absolute Gasteiger partial charge is 0.394 e. The molecule has 0 radical (unpaired) electrons. The third kappa shape index (κ3) is 2.69. The second-order valence-corrected chi connectivity index (χ2v) is 4.56. The van der Waals surface area contributed by atoms with E-state index < -0.39 is 11.9 Å². The van der Waals surface area contributed by atoms with E-state index in [-0.39, 0.29) is 0 Å². The minimum atomic E-state index is -1.46. The van der Waals surface area contributed by atoms with Crippen molar-refractivity contribution in [2.75, 3.05) is 11.9 Å². The molecule has 0 atom stereocenters. The Balaban J connectivity index is 2.55. The Kier molecular flexibility index (Phi) is 3.84. The number of aryl methyl sites for hydroxylation is 1. The van der Waals surface area contributed by atoms with E-state index in [1.165, 1.54) is 7.05 Å². The molecule has 1 N–H and O–H groups in total. The van der Waals surface area contributed by atoms with Crippen LogP contribution in [0.1, 0.15) is 5.56 Å². The van der Waals surface area contributed by atoms with Crippen LogP contribution >= 0.6 is 0 Å². The summed E-state index contributed by atoms with van der Waals surface area (Å²) in [5, 5.41) is 8.85. The number of carbonyl (C=O) groups is 2. The maximum Gasteiger partial charge on any atom is 0.394 e. The van der Waals surface area contributed by atoms with Crippen LogP contribution in [0.4, 0.5) is 5.69 Å². The van der Waals surface area contributed by atoms with Gasteiger partial charge in [-0.1, -0.05) is 42.5 Å². The average molecular weight is 269 g/mol. The van der Waals surface area contributed by atoms with Crippen LogP contribution in [0.2, 0.25) is 0 Å². The van der Waals surface area contributed by atoms with Gasteiger partial charge in [-0.15, -0.1) is 0 Å². The molecule has 102 valence electrons.